The van der Waals surface area contributed by atoms with Gasteiger partial charge in [-0.3, -0.25) is 4.79 Å². The number of nitrogens with one attached hydrogen (secondary N) is 1. The minimum absolute atomic E-state index is 0.0346. The molecule has 1 heterocycles. The number of hydrogen-bond acceptors (Lipinski definition) is 3. The van der Waals surface area contributed by atoms with Gasteiger partial charge in [0.15, 0.2) is 0 Å². The van der Waals surface area contributed by atoms with Crippen molar-refractivity contribution in [3.8, 4) is 0 Å². The monoisotopic (exact) mass is 291 g/mol. The highest BCUT2D eigenvalue weighted by molar-refractivity contribution is 5.81. The van der Waals surface area contributed by atoms with Crippen LogP contribution >= 0.6 is 0 Å². The quantitative estimate of drug-likeness (QED) is 0.876. The van der Waals surface area contributed by atoms with E-state index in [1.807, 2.05) is 51.1 Å². The Morgan fingerprint density at radius 2 is 2.05 bits per heavy atom. The van der Waals surface area contributed by atoms with Gasteiger partial charge in [0.1, 0.15) is 6.10 Å². The summed E-state index contributed by atoms with van der Waals surface area (Å²) in [5.41, 5.74) is 0.730. The maximum absolute atomic E-state index is 12.1. The number of carbonyl (C=O) groups is 1. The average Bonchev–Trinajstić information content (AvgIpc) is 2.86. The van der Waals surface area contributed by atoms with Crippen molar-refractivity contribution in [2.75, 3.05) is 6.61 Å². The van der Waals surface area contributed by atoms with E-state index in [0.717, 1.165) is 18.4 Å². The molecule has 0 unspecified atom stereocenters. The van der Waals surface area contributed by atoms with Crippen molar-refractivity contribution in [1.82, 2.24) is 5.32 Å². The third kappa shape index (κ3) is 5.14. The van der Waals surface area contributed by atoms with Crippen LogP contribution in [0.15, 0.2) is 30.3 Å². The minimum Gasteiger partial charge on any atom is -0.374 e. The largest absolute Gasteiger partial charge is 0.374 e. The molecule has 4 nitrogen and oxygen atoms in total. The van der Waals surface area contributed by atoms with Crippen LogP contribution in [-0.2, 0) is 20.9 Å². The van der Waals surface area contributed by atoms with Crippen molar-refractivity contribution < 1.29 is 14.3 Å². The molecule has 1 aliphatic heterocycles. The van der Waals surface area contributed by atoms with Crippen molar-refractivity contribution >= 4 is 5.91 Å². The molecule has 0 saturated carbocycles. The lowest BCUT2D eigenvalue weighted by Crippen LogP contribution is -2.50. The van der Waals surface area contributed by atoms with E-state index in [0.29, 0.717) is 13.2 Å². The molecule has 1 saturated heterocycles. The third-order valence-corrected chi connectivity index (χ3v) is 3.56. The molecule has 1 aromatic carbocycles. The normalized spacial score (nSPS) is 22.2. The van der Waals surface area contributed by atoms with Crippen LogP contribution in [0.4, 0.5) is 0 Å². The van der Waals surface area contributed by atoms with Gasteiger partial charge in [-0.15, -0.1) is 0 Å². The standard InChI is InChI=1S/C17H25NO3/c1-13-9-10-15(21-13)16(19)18-17(2,3)12-20-11-14-7-5-4-6-8-14/h4-8,13,15H,9-12H2,1-3H3,(H,18,19)/t13-,15-/m0/s1. The van der Waals surface area contributed by atoms with Gasteiger partial charge in [0, 0.05) is 0 Å². The number of rotatable bonds is 6. The zero-order chi connectivity index (χ0) is 15.3. The predicted molar refractivity (Wildman–Crippen MR) is 81.9 cm³/mol. The Balaban J connectivity index is 1.75. The molecule has 0 spiro atoms. The predicted octanol–water partition coefficient (Wildman–Crippen LogP) is 2.67. The van der Waals surface area contributed by atoms with Gasteiger partial charge in [0.2, 0.25) is 5.91 Å². The molecule has 0 radical (unpaired) electrons. The van der Waals surface area contributed by atoms with Crippen LogP contribution in [-0.4, -0.2) is 30.3 Å². The number of carbonyl (C=O) groups excluding carboxylic acids is 1. The van der Waals surface area contributed by atoms with Crippen LogP contribution < -0.4 is 5.32 Å². The molecule has 4 heteroatoms. The Morgan fingerprint density at radius 1 is 1.33 bits per heavy atom. The van der Waals surface area contributed by atoms with Crippen molar-refractivity contribution in [3.05, 3.63) is 35.9 Å². The molecule has 21 heavy (non-hydrogen) atoms. The summed E-state index contributed by atoms with van der Waals surface area (Å²) in [6, 6.07) is 10.0. The molecule has 0 aromatic heterocycles. The van der Waals surface area contributed by atoms with E-state index in [1.54, 1.807) is 0 Å². The fourth-order valence-corrected chi connectivity index (χ4v) is 2.44. The Kier molecular flexibility index (Phi) is 5.37. The summed E-state index contributed by atoms with van der Waals surface area (Å²) in [5, 5.41) is 3.02. The van der Waals surface area contributed by atoms with Gasteiger partial charge in [0.05, 0.1) is 24.9 Å². The summed E-state index contributed by atoms with van der Waals surface area (Å²) < 4.78 is 11.3. The number of amides is 1. The van der Waals surface area contributed by atoms with E-state index in [-0.39, 0.29) is 18.1 Å². The van der Waals surface area contributed by atoms with Crippen molar-refractivity contribution in [2.45, 2.75) is 58.0 Å². The van der Waals surface area contributed by atoms with Gasteiger partial charge < -0.3 is 14.8 Å². The Labute approximate surface area is 126 Å². The van der Waals surface area contributed by atoms with E-state index in [1.165, 1.54) is 0 Å². The average molecular weight is 291 g/mol. The van der Waals surface area contributed by atoms with Gasteiger partial charge in [-0.05, 0) is 39.2 Å². The lowest BCUT2D eigenvalue weighted by Gasteiger charge is -2.27. The summed E-state index contributed by atoms with van der Waals surface area (Å²) in [6.07, 6.45) is 1.61. The smallest absolute Gasteiger partial charge is 0.249 e. The zero-order valence-corrected chi connectivity index (χ0v) is 13.1. The SMILES string of the molecule is C[C@H]1CC[C@@H](C(=O)NC(C)(C)COCc2ccccc2)O1. The highest BCUT2D eigenvalue weighted by atomic mass is 16.5. The fraction of sp³-hybridized carbons (Fsp3) is 0.588. The van der Waals surface area contributed by atoms with E-state index < -0.39 is 5.54 Å². The van der Waals surface area contributed by atoms with Crippen LogP contribution in [0.2, 0.25) is 0 Å². The first kappa shape index (κ1) is 16.0. The van der Waals surface area contributed by atoms with Crippen molar-refractivity contribution in [1.29, 1.82) is 0 Å². The van der Waals surface area contributed by atoms with E-state index in [2.05, 4.69) is 5.32 Å². The van der Waals surface area contributed by atoms with Gasteiger partial charge in [0.25, 0.3) is 0 Å². The Bertz CT molecular complexity index is 458. The second kappa shape index (κ2) is 7.05. The molecular weight excluding hydrogens is 266 g/mol. The molecule has 1 aliphatic rings. The van der Waals surface area contributed by atoms with Crippen LogP contribution in [0.3, 0.4) is 0 Å². The van der Waals surface area contributed by atoms with Crippen LogP contribution in [0.25, 0.3) is 0 Å². The van der Waals surface area contributed by atoms with Gasteiger partial charge in [-0.1, -0.05) is 30.3 Å². The molecule has 0 aliphatic carbocycles. The molecule has 2 rings (SSSR count). The minimum atomic E-state index is -0.402. The molecule has 116 valence electrons. The number of benzene rings is 1. The molecule has 1 fully saturated rings. The number of hydrogen-bond donors (Lipinski definition) is 1. The van der Waals surface area contributed by atoms with Crippen LogP contribution in [0.5, 0.6) is 0 Å². The second-order valence-electron chi connectivity index (χ2n) is 6.36. The molecular formula is C17H25NO3. The lowest BCUT2D eigenvalue weighted by molar-refractivity contribution is -0.134. The third-order valence-electron chi connectivity index (χ3n) is 3.56. The summed E-state index contributed by atoms with van der Waals surface area (Å²) in [6.45, 7) is 6.96. The zero-order valence-electron chi connectivity index (χ0n) is 13.1. The van der Waals surface area contributed by atoms with Gasteiger partial charge in [-0.2, -0.15) is 0 Å². The fourth-order valence-electron chi connectivity index (χ4n) is 2.44. The van der Waals surface area contributed by atoms with Crippen LogP contribution in [0, 0.1) is 0 Å². The second-order valence-corrected chi connectivity index (χ2v) is 6.36. The maximum Gasteiger partial charge on any atom is 0.249 e. The first-order chi connectivity index (χ1) is 9.96. The van der Waals surface area contributed by atoms with Gasteiger partial charge in [-0.25, -0.2) is 0 Å². The van der Waals surface area contributed by atoms with Crippen LogP contribution in [0.1, 0.15) is 39.2 Å². The highest BCUT2D eigenvalue weighted by Crippen LogP contribution is 2.20. The summed E-state index contributed by atoms with van der Waals surface area (Å²) in [5.74, 6) is -0.0346. The van der Waals surface area contributed by atoms with E-state index >= 15 is 0 Å². The summed E-state index contributed by atoms with van der Waals surface area (Å²) in [7, 11) is 0. The highest BCUT2D eigenvalue weighted by Gasteiger charge is 2.31. The summed E-state index contributed by atoms with van der Waals surface area (Å²) in [4.78, 5) is 12.1. The Hall–Kier alpha value is -1.39. The first-order valence-corrected chi connectivity index (χ1v) is 7.55. The molecule has 0 bridgehead atoms. The molecule has 2 atom stereocenters. The van der Waals surface area contributed by atoms with Gasteiger partial charge >= 0.3 is 0 Å². The topological polar surface area (TPSA) is 47.6 Å². The van der Waals surface area contributed by atoms with Crippen molar-refractivity contribution in [3.63, 3.8) is 0 Å². The maximum atomic E-state index is 12.1. The van der Waals surface area contributed by atoms with Crippen molar-refractivity contribution in [2.24, 2.45) is 0 Å². The first-order valence-electron chi connectivity index (χ1n) is 7.55. The Morgan fingerprint density at radius 3 is 2.67 bits per heavy atom. The molecule has 1 aromatic rings. The van der Waals surface area contributed by atoms with E-state index in [4.69, 9.17) is 9.47 Å². The van der Waals surface area contributed by atoms with E-state index in [9.17, 15) is 4.79 Å². The number of ether oxygens (including phenoxy) is 2. The lowest BCUT2D eigenvalue weighted by atomic mass is 10.1. The molecule has 1 amide bonds. The molecule has 1 N–H and O–H groups in total. The summed E-state index contributed by atoms with van der Waals surface area (Å²) >= 11 is 0.